The van der Waals surface area contributed by atoms with Gasteiger partial charge in [-0.15, -0.1) is 12.3 Å². The van der Waals surface area contributed by atoms with Crippen molar-refractivity contribution < 1.29 is 17.9 Å². The predicted octanol–water partition coefficient (Wildman–Crippen LogP) is 2.29. The van der Waals surface area contributed by atoms with Crippen LogP contribution in [0.3, 0.4) is 0 Å². The molecule has 0 fully saturated rings. The molecular weight excluding hydrogens is 392 g/mol. The standard InChI is InChI=1S/C17H21ClN4O4S/c1-5-6-7-17(20-21-17)8-9-19-27(24,25)14-11-12(18)10-13(15(14)26-4)16(23)22(2)3/h1,10-11,19H,6-9H2,2-4H3. The Morgan fingerprint density at radius 2 is 2.04 bits per heavy atom. The Bertz CT molecular complexity index is 900. The van der Waals surface area contributed by atoms with Crippen LogP contribution in [0.4, 0.5) is 0 Å². The van der Waals surface area contributed by atoms with Crippen molar-refractivity contribution in [2.75, 3.05) is 27.7 Å². The zero-order valence-electron chi connectivity index (χ0n) is 15.3. The lowest BCUT2D eigenvalue weighted by molar-refractivity contribution is 0.0824. The first-order valence-corrected chi connectivity index (χ1v) is 9.98. The van der Waals surface area contributed by atoms with Crippen LogP contribution in [0.2, 0.25) is 5.02 Å². The number of terminal acetylenes is 1. The molecule has 0 bridgehead atoms. The molecule has 0 aromatic heterocycles. The van der Waals surface area contributed by atoms with Crippen LogP contribution in [0.1, 0.15) is 29.6 Å². The lowest BCUT2D eigenvalue weighted by Crippen LogP contribution is -2.29. The average molecular weight is 413 g/mol. The number of benzene rings is 1. The van der Waals surface area contributed by atoms with Gasteiger partial charge in [-0.05, 0) is 12.1 Å². The average Bonchev–Trinajstić information content (AvgIpc) is 3.38. The fraction of sp³-hybridized carbons (Fsp3) is 0.471. The number of sulfonamides is 1. The van der Waals surface area contributed by atoms with Crippen LogP contribution in [-0.4, -0.2) is 52.6 Å². The number of hydrogen-bond donors (Lipinski definition) is 1. The van der Waals surface area contributed by atoms with Crippen molar-refractivity contribution in [1.29, 1.82) is 0 Å². The van der Waals surface area contributed by atoms with E-state index >= 15 is 0 Å². The summed E-state index contributed by atoms with van der Waals surface area (Å²) in [6.07, 6.45) is 6.72. The quantitative estimate of drug-likeness (QED) is 0.629. The highest BCUT2D eigenvalue weighted by molar-refractivity contribution is 7.89. The van der Waals surface area contributed by atoms with E-state index in [0.29, 0.717) is 19.3 Å². The van der Waals surface area contributed by atoms with E-state index in [2.05, 4.69) is 20.9 Å². The molecule has 1 aliphatic rings. The fourth-order valence-corrected chi connectivity index (χ4v) is 4.04. The van der Waals surface area contributed by atoms with Gasteiger partial charge in [0.05, 0.1) is 12.7 Å². The monoisotopic (exact) mass is 412 g/mol. The molecule has 1 aliphatic heterocycles. The van der Waals surface area contributed by atoms with Crippen molar-refractivity contribution in [3.8, 4) is 18.1 Å². The van der Waals surface area contributed by atoms with Crippen LogP contribution in [0, 0.1) is 12.3 Å². The Morgan fingerprint density at radius 3 is 2.56 bits per heavy atom. The van der Waals surface area contributed by atoms with Crippen molar-refractivity contribution >= 4 is 27.5 Å². The lowest BCUT2D eigenvalue weighted by Gasteiger charge is -2.17. The van der Waals surface area contributed by atoms with E-state index in [9.17, 15) is 13.2 Å². The summed E-state index contributed by atoms with van der Waals surface area (Å²) in [5.74, 6) is 2.03. The van der Waals surface area contributed by atoms with Crippen LogP contribution in [0.5, 0.6) is 5.75 Å². The molecule has 10 heteroatoms. The molecule has 0 saturated carbocycles. The van der Waals surface area contributed by atoms with Crippen molar-refractivity contribution in [3.05, 3.63) is 22.7 Å². The number of carbonyl (C=O) groups excluding carboxylic acids is 1. The molecule has 8 nitrogen and oxygen atoms in total. The van der Waals surface area contributed by atoms with Gasteiger partial charge >= 0.3 is 0 Å². The molecule has 0 atom stereocenters. The zero-order valence-corrected chi connectivity index (χ0v) is 16.9. The smallest absolute Gasteiger partial charge is 0.257 e. The van der Waals surface area contributed by atoms with Gasteiger partial charge < -0.3 is 9.64 Å². The van der Waals surface area contributed by atoms with Gasteiger partial charge in [-0.1, -0.05) is 11.6 Å². The third-order valence-electron chi connectivity index (χ3n) is 4.02. The normalized spacial score (nSPS) is 14.5. The number of hydrogen-bond acceptors (Lipinski definition) is 6. The van der Waals surface area contributed by atoms with Crippen LogP contribution in [0.25, 0.3) is 0 Å². The summed E-state index contributed by atoms with van der Waals surface area (Å²) >= 11 is 6.04. The van der Waals surface area contributed by atoms with Crippen molar-refractivity contribution in [2.24, 2.45) is 10.2 Å². The fourth-order valence-electron chi connectivity index (χ4n) is 2.51. The number of ether oxygens (including phenoxy) is 1. The minimum Gasteiger partial charge on any atom is -0.494 e. The van der Waals surface area contributed by atoms with Crippen molar-refractivity contribution in [3.63, 3.8) is 0 Å². The maximum atomic E-state index is 12.8. The predicted molar refractivity (Wildman–Crippen MR) is 101 cm³/mol. The van der Waals surface area contributed by atoms with Crippen LogP contribution < -0.4 is 9.46 Å². The molecule has 0 radical (unpaired) electrons. The first kappa shape index (κ1) is 21.2. The van der Waals surface area contributed by atoms with Gasteiger partial charge in [0, 0.05) is 44.9 Å². The summed E-state index contributed by atoms with van der Waals surface area (Å²) in [4.78, 5) is 13.4. The van der Waals surface area contributed by atoms with Crippen LogP contribution in [0.15, 0.2) is 27.3 Å². The van der Waals surface area contributed by atoms with Gasteiger partial charge in [-0.3, -0.25) is 4.79 Å². The van der Waals surface area contributed by atoms with E-state index in [1.165, 1.54) is 24.1 Å². The highest BCUT2D eigenvalue weighted by Crippen LogP contribution is 2.36. The first-order chi connectivity index (χ1) is 12.7. The third kappa shape index (κ3) is 4.97. The SMILES string of the molecule is C#CCCC1(CCNS(=O)(=O)c2cc(Cl)cc(C(=O)N(C)C)c2OC)N=N1. The molecule has 0 aliphatic carbocycles. The first-order valence-electron chi connectivity index (χ1n) is 8.12. The molecule has 1 amide bonds. The van der Waals surface area contributed by atoms with E-state index in [4.69, 9.17) is 22.8 Å². The van der Waals surface area contributed by atoms with Gasteiger partial charge in [-0.2, -0.15) is 10.2 Å². The Balaban J connectivity index is 2.22. The van der Waals surface area contributed by atoms with Gasteiger partial charge in [0.15, 0.2) is 11.4 Å². The van der Waals surface area contributed by atoms with E-state index in [1.54, 1.807) is 14.1 Å². The molecule has 0 spiro atoms. The topological polar surface area (TPSA) is 100 Å². The molecule has 0 saturated heterocycles. The zero-order chi connectivity index (χ0) is 20.2. The van der Waals surface area contributed by atoms with Gasteiger partial charge in [0.1, 0.15) is 4.90 Å². The molecule has 1 aromatic rings. The summed E-state index contributed by atoms with van der Waals surface area (Å²) in [5.41, 5.74) is -0.535. The van der Waals surface area contributed by atoms with E-state index < -0.39 is 21.6 Å². The van der Waals surface area contributed by atoms with Crippen molar-refractivity contribution in [2.45, 2.75) is 29.8 Å². The molecule has 1 aromatic carbocycles. The van der Waals surface area contributed by atoms with E-state index in [-0.39, 0.29) is 27.8 Å². The van der Waals surface area contributed by atoms with E-state index in [0.717, 1.165) is 0 Å². The Kier molecular flexibility index (Phi) is 6.46. The summed E-state index contributed by atoms with van der Waals surface area (Å²) in [6, 6.07) is 2.62. The highest BCUT2D eigenvalue weighted by atomic mass is 35.5. The Morgan fingerprint density at radius 1 is 1.37 bits per heavy atom. The lowest BCUT2D eigenvalue weighted by atomic mass is 10.1. The second kappa shape index (κ2) is 8.25. The molecule has 1 heterocycles. The number of nitrogens with one attached hydrogen (secondary N) is 1. The Hall–Kier alpha value is -2.15. The summed E-state index contributed by atoms with van der Waals surface area (Å²) in [7, 11) is 0.419. The summed E-state index contributed by atoms with van der Waals surface area (Å²) in [5, 5.41) is 8.04. The van der Waals surface area contributed by atoms with E-state index in [1.807, 2.05) is 0 Å². The minimum atomic E-state index is -3.98. The summed E-state index contributed by atoms with van der Waals surface area (Å²) < 4.78 is 33.2. The second-order valence-corrected chi connectivity index (χ2v) is 8.39. The minimum absolute atomic E-state index is 0.0616. The molecule has 2 rings (SSSR count). The number of methoxy groups -OCH3 is 1. The number of amides is 1. The van der Waals surface area contributed by atoms with Gasteiger partial charge in [0.2, 0.25) is 10.0 Å². The molecular formula is C17H21ClN4O4S. The highest BCUT2D eigenvalue weighted by Gasteiger charge is 2.39. The maximum absolute atomic E-state index is 12.8. The second-order valence-electron chi connectivity index (χ2n) is 6.22. The maximum Gasteiger partial charge on any atom is 0.257 e. The van der Waals surface area contributed by atoms with Crippen LogP contribution >= 0.6 is 11.6 Å². The summed E-state index contributed by atoms with van der Waals surface area (Å²) in [6.45, 7) is 0.104. The number of nitrogens with zero attached hydrogens (tertiary/aromatic N) is 3. The number of halogens is 1. The largest absolute Gasteiger partial charge is 0.494 e. The van der Waals surface area contributed by atoms with Gasteiger partial charge in [0.25, 0.3) is 5.91 Å². The molecule has 27 heavy (non-hydrogen) atoms. The van der Waals surface area contributed by atoms with Crippen LogP contribution in [-0.2, 0) is 10.0 Å². The number of rotatable bonds is 9. The van der Waals surface area contributed by atoms with Crippen molar-refractivity contribution in [1.82, 2.24) is 9.62 Å². The Labute approximate surface area is 164 Å². The third-order valence-corrected chi connectivity index (χ3v) is 5.70. The molecule has 0 unspecified atom stereocenters. The number of carbonyl (C=O) groups is 1. The molecule has 146 valence electrons. The molecule has 1 N–H and O–H groups in total. The van der Waals surface area contributed by atoms with Gasteiger partial charge in [-0.25, -0.2) is 13.1 Å².